The third kappa shape index (κ3) is 7.70. The number of halogens is 1. The van der Waals surface area contributed by atoms with Crippen LogP contribution in [-0.2, 0) is 23.8 Å². The number of rotatable bonds is 2. The van der Waals surface area contributed by atoms with Crippen LogP contribution in [0, 0.1) is 30.6 Å². The first-order valence-electron chi connectivity index (χ1n) is 19.0. The van der Waals surface area contributed by atoms with Crippen molar-refractivity contribution in [2.45, 2.75) is 85.6 Å². The Balaban J connectivity index is 1.60. The number of nitrogens with one attached hydrogen (secondary N) is 1. The molecule has 4 aliphatic rings. The summed E-state index contributed by atoms with van der Waals surface area (Å²) in [4.78, 5) is 59.8. The zero-order valence-corrected chi connectivity index (χ0v) is 35.5. The minimum Gasteiger partial charge on any atom is -0.507 e. The number of ketones is 1. The molecule has 59 heavy (non-hydrogen) atoms. The normalized spacial score (nSPS) is 30.1. The number of aliphatic hydroxyl groups is 2. The van der Waals surface area contributed by atoms with E-state index in [1.807, 2.05) is 0 Å². The van der Waals surface area contributed by atoms with Crippen LogP contribution in [0.2, 0.25) is 0 Å². The molecule has 16 heteroatoms. The van der Waals surface area contributed by atoms with Gasteiger partial charge in [0.1, 0.15) is 40.3 Å². The van der Waals surface area contributed by atoms with Crippen LogP contribution >= 0.6 is 15.9 Å². The Morgan fingerprint density at radius 2 is 1.68 bits per heavy atom. The third-order valence-electron chi connectivity index (χ3n) is 11.4. The zero-order chi connectivity index (χ0) is 43.4. The summed E-state index contributed by atoms with van der Waals surface area (Å²) in [6.07, 6.45) is 3.41. The minimum atomic E-state index is -2.07. The van der Waals surface area contributed by atoms with E-state index < -0.39 is 88.4 Å². The van der Waals surface area contributed by atoms with Crippen molar-refractivity contribution in [3.05, 3.63) is 74.1 Å². The molecule has 1 aliphatic carbocycles. The molecule has 0 saturated heterocycles. The van der Waals surface area contributed by atoms with Gasteiger partial charge in [0.25, 0.3) is 11.7 Å². The molecule has 4 bridgehead atoms. The molecule has 0 fully saturated rings. The second-order valence-corrected chi connectivity index (χ2v) is 16.4. The van der Waals surface area contributed by atoms with Crippen molar-refractivity contribution in [1.29, 1.82) is 0 Å². The van der Waals surface area contributed by atoms with Crippen LogP contribution < -0.4 is 15.5 Å². The van der Waals surface area contributed by atoms with Gasteiger partial charge in [-0.3, -0.25) is 19.2 Å². The number of phenolic OH excluding ortho intramolecular Hbond substituents is 2. The number of nitrogens with zero attached hydrogens (tertiary/aromatic N) is 1. The zero-order valence-electron chi connectivity index (χ0n) is 33.9. The first kappa shape index (κ1) is 43.3. The van der Waals surface area contributed by atoms with Gasteiger partial charge in [-0.2, -0.15) is 0 Å². The van der Waals surface area contributed by atoms with Crippen LogP contribution in [0.15, 0.2) is 62.0 Å². The first-order valence-corrected chi connectivity index (χ1v) is 19.8. The second kappa shape index (κ2) is 16.4. The van der Waals surface area contributed by atoms with E-state index in [-0.39, 0.29) is 61.5 Å². The van der Waals surface area contributed by atoms with Gasteiger partial charge >= 0.3 is 11.8 Å². The maximum absolute atomic E-state index is 14.6. The molecule has 15 nitrogen and oxygen atoms in total. The van der Waals surface area contributed by atoms with E-state index in [0.717, 1.165) is 0 Å². The Labute approximate surface area is 347 Å². The number of carbonyl (C=O) groups excluding carboxylic acids is 3. The number of aliphatic hydroxyl groups excluding tert-OH is 2. The lowest BCUT2D eigenvalue weighted by Crippen LogP contribution is -2.46. The molecule has 5 N–H and O–H groups in total. The molecule has 2 aromatic rings. The number of allylic oxidation sites excluding steroid dienone is 2. The van der Waals surface area contributed by atoms with E-state index in [1.54, 1.807) is 39.8 Å². The van der Waals surface area contributed by atoms with E-state index in [9.17, 15) is 39.6 Å². The fourth-order valence-corrected chi connectivity index (χ4v) is 8.28. The van der Waals surface area contributed by atoms with Crippen molar-refractivity contribution >= 4 is 61.1 Å². The number of phenols is 2. The largest absolute Gasteiger partial charge is 0.507 e. The van der Waals surface area contributed by atoms with Crippen molar-refractivity contribution in [3.63, 3.8) is 0 Å². The fourth-order valence-electron chi connectivity index (χ4n) is 7.86. The number of aromatic nitrogens is 1. The Kier molecular flexibility index (Phi) is 12.0. The fraction of sp³-hybridized carbons (Fsp3) is 0.419. The van der Waals surface area contributed by atoms with E-state index in [4.69, 9.17) is 23.4 Å². The standard InChI is InChI=1S/C43H47BrN2O13/c1-17-11-10-12-18(2)42(54)46-33-37(52)29-28(32-40(33)58-27-16-24(44)15-25(48)31(27)45-32)30-39(22(6)36(29)51)59-43(8,41(30)53)56-14-13-26(55-9)19(3)38(57-23(7)47)21(5)35(50)20(4)34(17)49/h10-17,19-21,26,34-35,38,48-51H,1-9H3,(H,46,54)/b11-10+,14-13+,18-12-/t17-,19+,20+,21+,26-,34-,35+,38+,43-/m0/s1. The molecular weight excluding hydrogens is 832 g/mol. The van der Waals surface area contributed by atoms with Crippen molar-refractivity contribution in [2.75, 3.05) is 12.4 Å². The second-order valence-electron chi connectivity index (χ2n) is 15.5. The highest BCUT2D eigenvalue weighted by molar-refractivity contribution is 9.10. The van der Waals surface area contributed by atoms with Crippen molar-refractivity contribution in [2.24, 2.45) is 23.7 Å². The number of methoxy groups -OCH3 is 1. The van der Waals surface area contributed by atoms with Crippen LogP contribution in [-0.4, -0.2) is 80.4 Å². The van der Waals surface area contributed by atoms with Gasteiger partial charge in [-0.05, 0) is 32.1 Å². The SMILES string of the molecule is CO[C@H]1/C=C/O[C@@]2(C)Oc3c(C)c(O)c4c(=O)c(c5oc6cc(Br)cc(O)c6nc-5c4c3C2=O)NC(=O)/C(C)=C\C=C\[C@H](C)[C@H](O)[C@@H](C)[C@@H](O)[C@@H](C)[C@H](OC(C)=O)[C@@H]1C. The highest BCUT2D eigenvalue weighted by atomic mass is 79.9. The van der Waals surface area contributed by atoms with E-state index in [0.29, 0.717) is 4.47 Å². The van der Waals surface area contributed by atoms with Gasteiger partial charge in [0.05, 0.1) is 35.5 Å². The summed E-state index contributed by atoms with van der Waals surface area (Å²) in [6.45, 7) is 12.4. The van der Waals surface area contributed by atoms with Gasteiger partial charge in [-0.25, -0.2) is 4.98 Å². The summed E-state index contributed by atoms with van der Waals surface area (Å²) < 4.78 is 30.3. The summed E-state index contributed by atoms with van der Waals surface area (Å²) in [6, 6.07) is 2.87. The molecule has 0 unspecified atom stereocenters. The number of esters is 1. The number of benzene rings is 3. The Hall–Kier alpha value is -5.29. The molecule has 0 aromatic heterocycles. The van der Waals surface area contributed by atoms with E-state index in [2.05, 4.69) is 26.2 Å². The van der Waals surface area contributed by atoms with E-state index >= 15 is 0 Å². The number of amides is 1. The molecule has 0 spiro atoms. The van der Waals surface area contributed by atoms with E-state index in [1.165, 1.54) is 65.4 Å². The van der Waals surface area contributed by atoms with Crippen LogP contribution in [0.1, 0.15) is 64.4 Å². The van der Waals surface area contributed by atoms with Crippen molar-refractivity contribution < 1.29 is 58.2 Å². The Morgan fingerprint density at radius 1 is 0.983 bits per heavy atom. The molecule has 0 radical (unpaired) electrons. The van der Waals surface area contributed by atoms with Gasteiger partial charge in [0.2, 0.25) is 5.43 Å². The number of fused-ring (bicyclic) bond motifs is 2. The Morgan fingerprint density at radius 3 is 2.34 bits per heavy atom. The topological polar surface area (TPSA) is 224 Å². The molecule has 3 aliphatic heterocycles. The number of Topliss-reactive ketones (excluding diaryl/α,β-unsaturated/α-hetero) is 1. The van der Waals surface area contributed by atoms with Gasteiger partial charge in [0, 0.05) is 65.6 Å². The molecule has 0 saturated carbocycles. The number of ether oxygens (including phenoxy) is 4. The average Bonchev–Trinajstić information content (AvgIpc) is 3.45. The maximum Gasteiger partial charge on any atom is 0.312 e. The summed E-state index contributed by atoms with van der Waals surface area (Å²) >= 11 is 3.31. The number of hydrogen-bond donors (Lipinski definition) is 5. The quantitative estimate of drug-likeness (QED) is 0.0833. The first-order chi connectivity index (χ1) is 27.7. The molecule has 2 aromatic carbocycles. The molecule has 1 amide bonds. The van der Waals surface area contributed by atoms with Crippen molar-refractivity contribution in [3.8, 4) is 28.7 Å². The predicted molar refractivity (Wildman–Crippen MR) is 220 cm³/mol. The van der Waals surface area contributed by atoms with Crippen LogP contribution in [0.25, 0.3) is 33.3 Å². The lowest BCUT2D eigenvalue weighted by molar-refractivity contribution is -0.160. The van der Waals surface area contributed by atoms with Crippen LogP contribution in [0.3, 0.4) is 0 Å². The summed E-state index contributed by atoms with van der Waals surface area (Å²) in [5, 5.41) is 47.5. The number of anilines is 1. The van der Waals surface area contributed by atoms with Crippen LogP contribution in [0.4, 0.5) is 5.69 Å². The highest BCUT2D eigenvalue weighted by Gasteiger charge is 2.50. The van der Waals surface area contributed by atoms with Gasteiger partial charge < -0.3 is 49.1 Å². The van der Waals surface area contributed by atoms with Gasteiger partial charge in [-0.1, -0.05) is 61.9 Å². The van der Waals surface area contributed by atoms with Crippen molar-refractivity contribution in [1.82, 2.24) is 4.98 Å². The summed E-state index contributed by atoms with van der Waals surface area (Å²) in [5.41, 5.74) is -1.49. The molecule has 6 rings (SSSR count). The monoisotopic (exact) mass is 878 g/mol. The third-order valence-corrected chi connectivity index (χ3v) is 11.8. The lowest BCUT2D eigenvalue weighted by Gasteiger charge is -2.38. The number of hydrogen-bond acceptors (Lipinski definition) is 14. The highest BCUT2D eigenvalue weighted by Crippen LogP contribution is 2.51. The molecule has 9 atom stereocenters. The maximum atomic E-state index is 14.6. The predicted octanol–water partition coefficient (Wildman–Crippen LogP) is 6.42. The Bertz CT molecular complexity index is 2490. The van der Waals surface area contributed by atoms with Gasteiger partial charge in [0.15, 0.2) is 11.3 Å². The molecule has 314 valence electrons. The molecule has 3 heterocycles. The van der Waals surface area contributed by atoms with Gasteiger partial charge in [-0.15, -0.1) is 0 Å². The molecular formula is C43H47BrN2O13. The number of aromatic hydroxyl groups is 2. The van der Waals surface area contributed by atoms with Crippen LogP contribution in [0.5, 0.6) is 17.2 Å². The number of carbonyl (C=O) groups is 3. The lowest BCUT2D eigenvalue weighted by atomic mass is 9.78. The average molecular weight is 880 g/mol. The minimum absolute atomic E-state index is 0.0211. The summed E-state index contributed by atoms with van der Waals surface area (Å²) in [7, 11) is 1.43. The smallest absolute Gasteiger partial charge is 0.312 e. The summed E-state index contributed by atoms with van der Waals surface area (Å²) in [5.74, 6) is -7.93.